The Bertz CT molecular complexity index is 638. The molecule has 0 aliphatic heterocycles. The van der Waals surface area contributed by atoms with Crippen molar-refractivity contribution in [1.82, 2.24) is 14.9 Å². The molecule has 0 radical (unpaired) electrons. The van der Waals surface area contributed by atoms with Gasteiger partial charge in [0, 0.05) is 18.9 Å². The van der Waals surface area contributed by atoms with Crippen LogP contribution in [0.1, 0.15) is 33.6 Å². The minimum Gasteiger partial charge on any atom is -0.481 e. The molecule has 9 nitrogen and oxygen atoms in total. The van der Waals surface area contributed by atoms with Gasteiger partial charge in [-0.3, -0.25) is 9.59 Å². The number of hydrogen-bond donors (Lipinski definition) is 3. The quantitative estimate of drug-likeness (QED) is 0.613. The van der Waals surface area contributed by atoms with E-state index in [0.29, 0.717) is 11.3 Å². The predicted octanol–water partition coefficient (Wildman–Crippen LogP) is 0.418. The molecule has 118 valence electrons. The van der Waals surface area contributed by atoms with Crippen LogP contribution in [0.2, 0.25) is 0 Å². The van der Waals surface area contributed by atoms with Crippen molar-refractivity contribution >= 4 is 38.4 Å². The lowest BCUT2D eigenvalue weighted by Crippen LogP contribution is -2.43. The highest BCUT2D eigenvalue weighted by atomic mass is 32.2. The molecule has 1 aromatic heterocycles. The maximum absolute atomic E-state index is 12.1. The van der Waals surface area contributed by atoms with Crippen LogP contribution in [-0.2, 0) is 19.6 Å². The van der Waals surface area contributed by atoms with E-state index in [0.717, 1.165) is 0 Å². The normalized spacial score (nSPS) is 12.1. The Morgan fingerprint density at radius 1 is 1.33 bits per heavy atom. The maximum atomic E-state index is 12.1. The van der Waals surface area contributed by atoms with Gasteiger partial charge >= 0.3 is 5.97 Å². The molecule has 0 aliphatic rings. The first-order valence-electron chi connectivity index (χ1n) is 5.89. The van der Waals surface area contributed by atoms with Crippen LogP contribution < -0.4 is 10.0 Å². The van der Waals surface area contributed by atoms with Crippen molar-refractivity contribution in [1.29, 1.82) is 0 Å². The summed E-state index contributed by atoms with van der Waals surface area (Å²) in [6.07, 6.45) is -0.0400. The number of aliphatic carboxylic acids is 1. The van der Waals surface area contributed by atoms with Crippen LogP contribution in [-0.4, -0.2) is 41.1 Å². The fourth-order valence-corrected chi connectivity index (χ4v) is 3.79. The number of aromatic nitrogens is 2. The zero-order valence-electron chi connectivity index (χ0n) is 11.7. The number of rotatable bonds is 7. The second-order valence-electron chi connectivity index (χ2n) is 4.94. The van der Waals surface area contributed by atoms with E-state index in [4.69, 9.17) is 5.11 Å². The lowest BCUT2D eigenvalue weighted by molar-refractivity contribution is -0.137. The summed E-state index contributed by atoms with van der Waals surface area (Å²) >= 11 is 0.712. The van der Waals surface area contributed by atoms with E-state index < -0.39 is 21.5 Å². The van der Waals surface area contributed by atoms with Crippen molar-refractivity contribution in [3.05, 3.63) is 0 Å². The highest BCUT2D eigenvalue weighted by Gasteiger charge is 2.29. The molecule has 0 fully saturated rings. The average Bonchev–Trinajstić information content (AvgIpc) is 2.73. The van der Waals surface area contributed by atoms with Gasteiger partial charge in [0.25, 0.3) is 10.0 Å². The zero-order chi connectivity index (χ0) is 16.3. The van der Waals surface area contributed by atoms with Crippen LogP contribution in [0.3, 0.4) is 0 Å². The summed E-state index contributed by atoms with van der Waals surface area (Å²) in [6.45, 7) is 4.41. The van der Waals surface area contributed by atoms with E-state index >= 15 is 0 Å². The van der Waals surface area contributed by atoms with E-state index in [9.17, 15) is 18.0 Å². The van der Waals surface area contributed by atoms with E-state index in [1.54, 1.807) is 13.8 Å². The Labute approximate surface area is 125 Å². The van der Waals surface area contributed by atoms with E-state index in [1.165, 1.54) is 6.92 Å². The largest absolute Gasteiger partial charge is 0.481 e. The molecule has 0 unspecified atom stereocenters. The van der Waals surface area contributed by atoms with Crippen LogP contribution in [0.4, 0.5) is 5.13 Å². The van der Waals surface area contributed by atoms with Gasteiger partial charge in [0.05, 0.1) is 0 Å². The number of carbonyl (C=O) groups excluding carboxylic acids is 1. The number of hydrogen-bond acceptors (Lipinski definition) is 7. The number of carboxylic acids is 1. The molecule has 0 atom stereocenters. The lowest BCUT2D eigenvalue weighted by atomic mass is 10.0. The summed E-state index contributed by atoms with van der Waals surface area (Å²) in [6, 6.07) is 0. The Hall–Kier alpha value is -1.59. The fraction of sp³-hybridized carbons (Fsp3) is 0.600. The van der Waals surface area contributed by atoms with Crippen LogP contribution in [0.25, 0.3) is 0 Å². The molecule has 0 spiro atoms. The smallest absolute Gasteiger partial charge is 0.303 e. The predicted molar refractivity (Wildman–Crippen MR) is 75.5 cm³/mol. The fourth-order valence-electron chi connectivity index (χ4n) is 1.40. The van der Waals surface area contributed by atoms with Crippen LogP contribution in [0.15, 0.2) is 4.34 Å². The molecule has 0 saturated heterocycles. The molecular weight excluding hydrogens is 320 g/mol. The van der Waals surface area contributed by atoms with E-state index in [1.807, 2.05) is 0 Å². The molecule has 1 heterocycles. The first kappa shape index (κ1) is 17.5. The van der Waals surface area contributed by atoms with Crippen molar-refractivity contribution in [2.75, 3.05) is 5.32 Å². The minimum absolute atomic E-state index is 0.0752. The van der Waals surface area contributed by atoms with Crippen LogP contribution in [0, 0.1) is 0 Å². The van der Waals surface area contributed by atoms with Gasteiger partial charge in [-0.05, 0) is 20.3 Å². The van der Waals surface area contributed by atoms with Crippen LogP contribution in [0.5, 0.6) is 0 Å². The second-order valence-corrected chi connectivity index (χ2v) is 7.77. The molecular formula is C10H16N4O5S2. The standard InChI is InChI=1S/C10H16N4O5S2/c1-6(15)11-8-12-13-9(20-8)21(18,19)14-10(2,3)5-4-7(16)17/h14H,4-5H2,1-3H3,(H,16,17)(H,11,12,15). The molecule has 1 aromatic rings. The molecule has 1 rings (SSSR count). The number of nitrogens with zero attached hydrogens (tertiary/aromatic N) is 2. The summed E-state index contributed by atoms with van der Waals surface area (Å²) in [4.78, 5) is 21.4. The van der Waals surface area contributed by atoms with Crippen molar-refractivity contribution in [3.8, 4) is 0 Å². The first-order chi connectivity index (χ1) is 9.52. The maximum Gasteiger partial charge on any atom is 0.303 e. The molecule has 1 amide bonds. The molecule has 0 aromatic carbocycles. The van der Waals surface area contributed by atoms with Gasteiger partial charge in [0.1, 0.15) is 0 Å². The number of carboxylic acid groups (broad SMARTS) is 1. The van der Waals surface area contributed by atoms with Gasteiger partial charge in [0.15, 0.2) is 0 Å². The summed E-state index contributed by atoms with van der Waals surface area (Å²) < 4.78 is 26.3. The van der Waals surface area contributed by atoms with E-state index in [2.05, 4.69) is 20.2 Å². The topological polar surface area (TPSA) is 138 Å². The zero-order valence-corrected chi connectivity index (χ0v) is 13.3. The van der Waals surface area contributed by atoms with Crippen molar-refractivity contribution in [2.45, 2.75) is 43.5 Å². The van der Waals surface area contributed by atoms with Crippen LogP contribution >= 0.6 is 11.3 Å². The van der Waals surface area contributed by atoms with Crippen molar-refractivity contribution in [2.24, 2.45) is 0 Å². The Morgan fingerprint density at radius 3 is 2.48 bits per heavy atom. The van der Waals surface area contributed by atoms with Gasteiger partial charge in [-0.2, -0.15) is 0 Å². The summed E-state index contributed by atoms with van der Waals surface area (Å²) in [7, 11) is -3.93. The van der Waals surface area contributed by atoms with Gasteiger partial charge in [-0.1, -0.05) is 11.3 Å². The number of sulfonamides is 1. The third-order valence-electron chi connectivity index (χ3n) is 2.29. The number of nitrogens with one attached hydrogen (secondary N) is 2. The lowest BCUT2D eigenvalue weighted by Gasteiger charge is -2.24. The van der Waals surface area contributed by atoms with Gasteiger partial charge in [0.2, 0.25) is 15.4 Å². The molecule has 0 bridgehead atoms. The summed E-state index contributed by atoms with van der Waals surface area (Å²) in [5, 5.41) is 18.1. The third-order valence-corrected chi connectivity index (χ3v) is 5.20. The monoisotopic (exact) mass is 336 g/mol. The molecule has 21 heavy (non-hydrogen) atoms. The van der Waals surface area contributed by atoms with Crippen molar-refractivity contribution < 1.29 is 23.1 Å². The Kier molecular flexibility index (Phi) is 5.36. The SMILES string of the molecule is CC(=O)Nc1nnc(S(=O)(=O)NC(C)(C)CCC(=O)O)s1. The molecule has 11 heteroatoms. The number of amides is 1. The third kappa shape index (κ3) is 5.73. The summed E-state index contributed by atoms with van der Waals surface area (Å²) in [5.41, 5.74) is -0.947. The molecule has 0 saturated carbocycles. The van der Waals surface area contributed by atoms with Gasteiger partial charge in [-0.15, -0.1) is 10.2 Å². The van der Waals surface area contributed by atoms with E-state index in [-0.39, 0.29) is 28.2 Å². The first-order valence-corrected chi connectivity index (χ1v) is 8.19. The number of anilines is 1. The van der Waals surface area contributed by atoms with Crippen molar-refractivity contribution in [3.63, 3.8) is 0 Å². The minimum atomic E-state index is -3.93. The second kappa shape index (κ2) is 6.45. The summed E-state index contributed by atoms with van der Waals surface area (Å²) in [5.74, 6) is -1.39. The molecule has 0 aliphatic carbocycles. The van der Waals surface area contributed by atoms with Gasteiger partial charge in [-0.25, -0.2) is 13.1 Å². The highest BCUT2D eigenvalue weighted by Crippen LogP contribution is 2.22. The molecule has 3 N–H and O–H groups in total. The Balaban J connectivity index is 2.83. The average molecular weight is 336 g/mol. The Morgan fingerprint density at radius 2 is 1.95 bits per heavy atom. The van der Waals surface area contributed by atoms with Gasteiger partial charge < -0.3 is 10.4 Å². The number of carbonyl (C=O) groups is 2. The highest BCUT2D eigenvalue weighted by molar-refractivity contribution is 7.91.